The minimum absolute atomic E-state index is 0. The van der Waals surface area contributed by atoms with Gasteiger partial charge in [0.1, 0.15) is 0 Å². The van der Waals surface area contributed by atoms with Crippen molar-refractivity contribution in [1.82, 2.24) is 0 Å². The molecule has 0 amide bonds. The molecule has 2 aliphatic rings. The molecular formula is C24H35Cl2SiZr-6. The van der Waals surface area contributed by atoms with E-state index in [0.717, 1.165) is 22.4 Å². The fourth-order valence-electron chi connectivity index (χ4n) is 2.34. The largest absolute Gasteiger partial charge is 0.358 e. The van der Waals surface area contributed by atoms with E-state index in [1.165, 1.54) is 22.3 Å². The average molecular weight is 514 g/mol. The molecule has 159 valence electrons. The van der Waals surface area contributed by atoms with Crippen molar-refractivity contribution in [2.24, 2.45) is 0 Å². The van der Waals surface area contributed by atoms with E-state index in [2.05, 4.69) is 67.7 Å². The summed E-state index contributed by atoms with van der Waals surface area (Å²) in [6.07, 6.45) is 11.0. The third-order valence-corrected chi connectivity index (χ3v) is 3.20. The summed E-state index contributed by atoms with van der Waals surface area (Å²) in [5.74, 6) is 0. The van der Waals surface area contributed by atoms with Gasteiger partial charge in [0.25, 0.3) is 0 Å². The summed E-state index contributed by atoms with van der Waals surface area (Å²) >= 11 is 0. The molecule has 2 aromatic rings. The molecule has 28 heavy (non-hydrogen) atoms. The topological polar surface area (TPSA) is 0 Å². The predicted octanol–water partition coefficient (Wildman–Crippen LogP) is 7.53. The first-order valence-electron chi connectivity index (χ1n) is 7.40. The van der Waals surface area contributed by atoms with Crippen LogP contribution < -0.4 is 0 Å². The maximum absolute atomic E-state index is 3.30. The summed E-state index contributed by atoms with van der Waals surface area (Å²) in [5.41, 5.74) is 5.51. The van der Waals surface area contributed by atoms with Crippen molar-refractivity contribution in [2.45, 2.75) is 25.9 Å². The molecule has 0 spiro atoms. The predicted molar refractivity (Wildman–Crippen MR) is 134 cm³/mol. The molecule has 1 radical (unpaired) electrons. The van der Waals surface area contributed by atoms with Gasteiger partial charge in [-0.3, -0.25) is 6.08 Å². The van der Waals surface area contributed by atoms with Crippen LogP contribution in [-0.2, 0) is 32.6 Å². The Bertz CT molecular complexity index is 587. The van der Waals surface area contributed by atoms with Gasteiger partial charge in [0, 0.05) is 35.7 Å². The third-order valence-electron chi connectivity index (χ3n) is 3.20. The van der Waals surface area contributed by atoms with Gasteiger partial charge in [-0.1, -0.05) is 48.5 Å². The summed E-state index contributed by atoms with van der Waals surface area (Å²) in [7, 11) is 0.750. The van der Waals surface area contributed by atoms with Crippen molar-refractivity contribution in [3.05, 3.63) is 114 Å². The molecule has 2 aromatic carbocycles. The van der Waals surface area contributed by atoms with Crippen LogP contribution in [0.2, 0.25) is 13.1 Å². The Kier molecular flexibility index (Phi) is 36.8. The second-order valence-electron chi connectivity index (χ2n) is 4.98. The fraction of sp³-hybridized carbons (Fsp3) is 0.167. The van der Waals surface area contributed by atoms with Gasteiger partial charge in [-0.2, -0.15) is 35.9 Å². The van der Waals surface area contributed by atoms with Gasteiger partial charge in [0.05, 0.1) is 0 Å². The monoisotopic (exact) mass is 511 g/mol. The van der Waals surface area contributed by atoms with E-state index in [4.69, 9.17) is 0 Å². The minimum atomic E-state index is 0. The first kappa shape index (κ1) is 41.9. The van der Waals surface area contributed by atoms with E-state index in [0.29, 0.717) is 0 Å². The van der Waals surface area contributed by atoms with E-state index >= 15 is 0 Å². The SMILES string of the molecule is C[SiH]C.Cl.Cl.[C-]1=CC=CC1.[CH3-].[CH3-].[CH3-].[CH3-].[Zr].[c-]1cccc2c1Cc1ccccc1-2. The summed E-state index contributed by atoms with van der Waals surface area (Å²) in [6, 6.07) is 18.1. The van der Waals surface area contributed by atoms with Crippen LogP contribution >= 0.6 is 24.8 Å². The summed E-state index contributed by atoms with van der Waals surface area (Å²) in [6.45, 7) is 4.42. The fourth-order valence-corrected chi connectivity index (χ4v) is 2.34. The molecule has 4 heteroatoms. The molecule has 0 fully saturated rings. The zero-order valence-electron chi connectivity index (χ0n) is 18.1. The molecule has 0 N–H and O–H groups in total. The van der Waals surface area contributed by atoms with Crippen molar-refractivity contribution in [1.29, 1.82) is 0 Å². The zero-order chi connectivity index (χ0) is 14.9. The molecule has 0 bridgehead atoms. The van der Waals surface area contributed by atoms with Crippen LogP contribution in [0.4, 0.5) is 0 Å². The van der Waals surface area contributed by atoms with Crippen molar-refractivity contribution in [3.8, 4) is 11.1 Å². The Balaban J connectivity index is -0.0000000714. The molecular weight excluding hydrogens is 478 g/mol. The van der Waals surface area contributed by atoms with Crippen LogP contribution in [0, 0.1) is 41.8 Å². The summed E-state index contributed by atoms with van der Waals surface area (Å²) in [5, 5.41) is 0. The molecule has 0 atom stereocenters. The van der Waals surface area contributed by atoms with E-state index in [-0.39, 0.29) is 80.7 Å². The molecule has 0 aromatic heterocycles. The standard InChI is InChI=1S/C13H9.C5H5.C2H7Si.4CH3.2ClH.Zr/c1-3-7-12-10(5-1)9-11-6-2-4-8-13(11)12;1-2-4-5-3-1;1-3-2;;;;;;;/h1-5,7-8H,9H2;1-3H,4H2;3H,1-2H3;4*1H3;2*1H;/q2*-1;;4*-1;;;. The molecule has 0 unspecified atom stereocenters. The quantitative estimate of drug-likeness (QED) is 0.215. The number of allylic oxidation sites excluding steroid dienone is 4. The van der Waals surface area contributed by atoms with Crippen LogP contribution in [-0.4, -0.2) is 9.52 Å². The van der Waals surface area contributed by atoms with Gasteiger partial charge in [-0.25, -0.2) is 12.2 Å². The first-order valence-corrected chi connectivity index (χ1v) is 9.71. The smallest absolute Gasteiger partial charge is 0.0213 e. The molecule has 4 rings (SSSR count). The van der Waals surface area contributed by atoms with Crippen LogP contribution in [0.15, 0.2) is 60.7 Å². The van der Waals surface area contributed by atoms with Gasteiger partial charge in [0.15, 0.2) is 0 Å². The Hall–Kier alpha value is -0.400. The first-order chi connectivity index (χ1) is 10.4. The second-order valence-corrected chi connectivity index (χ2v) is 6.13. The van der Waals surface area contributed by atoms with Crippen molar-refractivity contribution < 1.29 is 26.2 Å². The van der Waals surface area contributed by atoms with E-state index in [1.807, 2.05) is 18.2 Å². The van der Waals surface area contributed by atoms with Gasteiger partial charge < -0.3 is 29.7 Å². The van der Waals surface area contributed by atoms with Gasteiger partial charge >= 0.3 is 0 Å². The van der Waals surface area contributed by atoms with Crippen LogP contribution in [0.25, 0.3) is 11.1 Å². The Morgan fingerprint density at radius 2 is 1.43 bits per heavy atom. The molecule has 0 saturated heterocycles. The maximum atomic E-state index is 3.30. The van der Waals surface area contributed by atoms with Crippen LogP contribution in [0.1, 0.15) is 17.5 Å². The van der Waals surface area contributed by atoms with E-state index < -0.39 is 0 Å². The number of hydrogen-bond donors (Lipinski definition) is 0. The number of fused-ring (bicyclic) bond motifs is 3. The Morgan fingerprint density at radius 1 is 0.857 bits per heavy atom. The Morgan fingerprint density at radius 3 is 1.93 bits per heavy atom. The average Bonchev–Trinajstić information content (AvgIpc) is 3.19. The van der Waals surface area contributed by atoms with E-state index in [1.54, 1.807) is 0 Å². The number of benzene rings is 2. The van der Waals surface area contributed by atoms with Crippen LogP contribution in [0.3, 0.4) is 0 Å². The number of rotatable bonds is 0. The van der Waals surface area contributed by atoms with Gasteiger partial charge in [-0.15, -0.1) is 36.8 Å². The minimum Gasteiger partial charge on any atom is -0.358 e. The number of hydrogen-bond acceptors (Lipinski definition) is 0. The molecule has 0 aliphatic heterocycles. The van der Waals surface area contributed by atoms with Crippen molar-refractivity contribution in [2.75, 3.05) is 0 Å². The molecule has 0 saturated carbocycles. The normalized spacial score (nSPS) is 9.50. The second kappa shape index (κ2) is 24.6. The van der Waals surface area contributed by atoms with Crippen molar-refractivity contribution in [3.63, 3.8) is 0 Å². The molecule has 2 aliphatic carbocycles. The summed E-state index contributed by atoms with van der Waals surface area (Å²) < 4.78 is 0. The van der Waals surface area contributed by atoms with Crippen LogP contribution in [0.5, 0.6) is 0 Å². The summed E-state index contributed by atoms with van der Waals surface area (Å²) in [4.78, 5) is 0. The van der Waals surface area contributed by atoms with Crippen molar-refractivity contribution >= 4 is 34.3 Å². The molecule has 0 heterocycles. The molecule has 0 nitrogen and oxygen atoms in total. The van der Waals surface area contributed by atoms with Gasteiger partial charge in [0.2, 0.25) is 0 Å². The third kappa shape index (κ3) is 12.9. The zero-order valence-corrected chi connectivity index (χ0v) is 23.3. The Labute approximate surface area is 210 Å². The number of halogens is 2. The van der Waals surface area contributed by atoms with E-state index in [9.17, 15) is 0 Å². The maximum Gasteiger partial charge on any atom is 0.0213 e. The van der Waals surface area contributed by atoms with Gasteiger partial charge in [-0.05, 0) is 6.42 Å².